The van der Waals surface area contributed by atoms with Crippen molar-refractivity contribution in [3.05, 3.63) is 54.0 Å². The quantitative estimate of drug-likeness (QED) is 0.169. The number of aliphatic imine (C=N–C) groups is 1. The average molecular weight is 556 g/mol. The first-order chi connectivity index (χ1) is 15.2. The van der Waals surface area contributed by atoms with Crippen molar-refractivity contribution in [2.24, 2.45) is 4.99 Å². The number of guanidine groups is 1. The molecule has 1 aliphatic heterocycles. The maximum absolute atomic E-state index is 12.0. The molecule has 2 heterocycles. The number of hydrogen-bond acceptors (Lipinski definition) is 5. The highest BCUT2D eigenvalue weighted by atomic mass is 127. The molecule has 2 aromatic rings. The van der Waals surface area contributed by atoms with Crippen LogP contribution in [0, 0.1) is 0 Å². The Hall–Kier alpha value is -2.11. The van der Waals surface area contributed by atoms with Crippen molar-refractivity contribution in [2.75, 3.05) is 38.2 Å². The highest BCUT2D eigenvalue weighted by Crippen LogP contribution is 2.13. The van der Waals surface area contributed by atoms with Crippen LogP contribution in [0.15, 0.2) is 52.1 Å². The summed E-state index contributed by atoms with van der Waals surface area (Å²) in [4.78, 5) is 16.6. The van der Waals surface area contributed by atoms with E-state index in [4.69, 9.17) is 13.9 Å². The second-order valence-electron chi connectivity index (χ2n) is 7.31. The van der Waals surface area contributed by atoms with E-state index in [1.165, 1.54) is 6.26 Å². The molecule has 176 valence electrons. The molecule has 1 amide bonds. The topological polar surface area (TPSA) is 97.1 Å². The number of benzene rings is 1. The lowest BCUT2D eigenvalue weighted by molar-refractivity contribution is 0.0168. The van der Waals surface area contributed by atoms with Crippen LogP contribution in [-0.4, -0.2) is 50.9 Å². The van der Waals surface area contributed by atoms with Gasteiger partial charge in [-0.1, -0.05) is 12.1 Å². The van der Waals surface area contributed by atoms with Crippen molar-refractivity contribution >= 4 is 41.5 Å². The molecule has 32 heavy (non-hydrogen) atoms. The van der Waals surface area contributed by atoms with E-state index >= 15 is 0 Å². The molecule has 1 unspecified atom stereocenters. The van der Waals surface area contributed by atoms with Crippen LogP contribution in [0.2, 0.25) is 0 Å². The first-order valence-corrected chi connectivity index (χ1v) is 10.9. The van der Waals surface area contributed by atoms with Gasteiger partial charge >= 0.3 is 0 Å². The molecule has 3 N–H and O–H groups in total. The van der Waals surface area contributed by atoms with Gasteiger partial charge in [0.15, 0.2) is 11.7 Å². The number of carbonyl (C=O) groups excluding carboxylic acids is 1. The smallest absolute Gasteiger partial charge is 0.291 e. The summed E-state index contributed by atoms with van der Waals surface area (Å²) in [6, 6.07) is 10.9. The highest BCUT2D eigenvalue weighted by molar-refractivity contribution is 14.0. The summed E-state index contributed by atoms with van der Waals surface area (Å²) in [6.45, 7) is 6.41. The van der Waals surface area contributed by atoms with E-state index in [-0.39, 0.29) is 41.7 Å². The van der Waals surface area contributed by atoms with E-state index in [9.17, 15) is 4.79 Å². The molecule has 0 spiro atoms. The number of rotatable bonds is 11. The standard InChI is InChI=1S/C23H32N4O4.HI/c1-2-24-23(25-12-5-13-29-17-20-6-3-14-30-20)26-16-18-8-10-19(11-9-18)27-22(28)21-7-4-15-31-21;/h4,7-11,15,20H,2-3,5-6,12-14,16-17H2,1H3,(H,27,28)(H2,24,25,26);1H. The van der Waals surface area contributed by atoms with E-state index in [0.717, 1.165) is 50.5 Å². The van der Waals surface area contributed by atoms with Crippen LogP contribution in [0.4, 0.5) is 5.69 Å². The van der Waals surface area contributed by atoms with Crippen molar-refractivity contribution in [1.29, 1.82) is 0 Å². The SMILES string of the molecule is CCNC(=NCc1ccc(NC(=O)c2ccco2)cc1)NCCCOCC1CCCO1.I. The molecule has 0 bridgehead atoms. The molecule has 1 aliphatic rings. The summed E-state index contributed by atoms with van der Waals surface area (Å²) in [6.07, 6.45) is 4.90. The summed E-state index contributed by atoms with van der Waals surface area (Å²) < 4.78 is 16.3. The summed E-state index contributed by atoms with van der Waals surface area (Å²) in [5.41, 5.74) is 1.76. The molecule has 8 nitrogen and oxygen atoms in total. The highest BCUT2D eigenvalue weighted by Gasteiger charge is 2.14. The normalized spacial score (nSPS) is 15.8. The summed E-state index contributed by atoms with van der Waals surface area (Å²) in [5, 5.41) is 9.39. The molecule has 1 saturated heterocycles. The Morgan fingerprint density at radius 1 is 1.22 bits per heavy atom. The maximum Gasteiger partial charge on any atom is 0.291 e. The van der Waals surface area contributed by atoms with E-state index in [2.05, 4.69) is 20.9 Å². The predicted octanol–water partition coefficient (Wildman–Crippen LogP) is 3.79. The number of furan rings is 1. The zero-order valence-corrected chi connectivity index (χ0v) is 20.8. The van der Waals surface area contributed by atoms with Gasteiger partial charge in [0.25, 0.3) is 5.91 Å². The molecule has 3 rings (SSSR count). The van der Waals surface area contributed by atoms with Gasteiger partial charge in [-0.3, -0.25) is 4.79 Å². The molecule has 1 aromatic heterocycles. The van der Waals surface area contributed by atoms with Crippen LogP contribution in [0.25, 0.3) is 0 Å². The number of hydrogen-bond donors (Lipinski definition) is 3. The Morgan fingerprint density at radius 3 is 2.75 bits per heavy atom. The maximum atomic E-state index is 12.0. The van der Waals surface area contributed by atoms with Gasteiger partial charge in [0.1, 0.15) is 0 Å². The van der Waals surface area contributed by atoms with Crippen molar-refractivity contribution < 1.29 is 18.7 Å². The number of amides is 1. The van der Waals surface area contributed by atoms with Crippen molar-refractivity contribution in [1.82, 2.24) is 10.6 Å². The summed E-state index contributed by atoms with van der Waals surface area (Å²) in [7, 11) is 0. The van der Waals surface area contributed by atoms with Gasteiger partial charge in [0, 0.05) is 32.0 Å². The molecule has 0 saturated carbocycles. The number of carbonyl (C=O) groups is 1. The number of nitrogens with one attached hydrogen (secondary N) is 3. The lowest BCUT2D eigenvalue weighted by Gasteiger charge is -2.13. The van der Waals surface area contributed by atoms with Crippen LogP contribution >= 0.6 is 24.0 Å². The second kappa shape index (κ2) is 14.9. The minimum absolute atomic E-state index is 0. The van der Waals surface area contributed by atoms with Gasteiger partial charge in [-0.2, -0.15) is 0 Å². The number of anilines is 1. The van der Waals surface area contributed by atoms with Gasteiger partial charge in [-0.05, 0) is 56.0 Å². The minimum atomic E-state index is -0.269. The van der Waals surface area contributed by atoms with Crippen LogP contribution in [0.5, 0.6) is 0 Å². The van der Waals surface area contributed by atoms with Crippen LogP contribution < -0.4 is 16.0 Å². The second-order valence-corrected chi connectivity index (χ2v) is 7.31. The molecule has 9 heteroatoms. The zero-order chi connectivity index (χ0) is 21.7. The monoisotopic (exact) mass is 556 g/mol. The molecular formula is C23H33IN4O4. The minimum Gasteiger partial charge on any atom is -0.459 e. The lowest BCUT2D eigenvalue weighted by Crippen LogP contribution is -2.38. The van der Waals surface area contributed by atoms with Crippen LogP contribution in [0.1, 0.15) is 42.3 Å². The van der Waals surface area contributed by atoms with Gasteiger partial charge in [-0.25, -0.2) is 4.99 Å². The first-order valence-electron chi connectivity index (χ1n) is 10.9. The summed E-state index contributed by atoms with van der Waals surface area (Å²) >= 11 is 0. The zero-order valence-electron chi connectivity index (χ0n) is 18.5. The Labute approximate surface area is 206 Å². The third kappa shape index (κ3) is 9.17. The summed E-state index contributed by atoms with van der Waals surface area (Å²) in [5.74, 6) is 0.790. The van der Waals surface area contributed by atoms with Crippen molar-refractivity contribution in [2.45, 2.75) is 38.8 Å². The fourth-order valence-electron chi connectivity index (χ4n) is 3.18. The first kappa shape index (κ1) is 26.1. The largest absolute Gasteiger partial charge is 0.459 e. The number of nitrogens with zero attached hydrogens (tertiary/aromatic N) is 1. The Kier molecular flexibility index (Phi) is 12.1. The third-order valence-corrected chi connectivity index (χ3v) is 4.81. The van der Waals surface area contributed by atoms with E-state index < -0.39 is 0 Å². The molecule has 1 aromatic carbocycles. The number of ether oxygens (including phenoxy) is 2. The predicted molar refractivity (Wildman–Crippen MR) is 136 cm³/mol. The molecule has 1 atom stereocenters. The molecule has 0 radical (unpaired) electrons. The van der Waals surface area contributed by atoms with E-state index in [1.807, 2.05) is 31.2 Å². The van der Waals surface area contributed by atoms with Gasteiger partial charge in [0.05, 0.1) is 25.5 Å². The fraction of sp³-hybridized carbons (Fsp3) is 0.478. The molecular weight excluding hydrogens is 523 g/mol. The van der Waals surface area contributed by atoms with Crippen LogP contribution in [-0.2, 0) is 16.0 Å². The Bertz CT molecular complexity index is 806. The fourth-order valence-corrected chi connectivity index (χ4v) is 3.18. The van der Waals surface area contributed by atoms with Gasteiger partial charge < -0.3 is 29.8 Å². The molecule has 0 aliphatic carbocycles. The van der Waals surface area contributed by atoms with Gasteiger partial charge in [0.2, 0.25) is 0 Å². The Balaban J connectivity index is 0.00000363. The number of halogens is 1. The van der Waals surface area contributed by atoms with Gasteiger partial charge in [-0.15, -0.1) is 24.0 Å². The van der Waals surface area contributed by atoms with Crippen molar-refractivity contribution in [3.8, 4) is 0 Å². The van der Waals surface area contributed by atoms with Crippen molar-refractivity contribution in [3.63, 3.8) is 0 Å². The van der Waals surface area contributed by atoms with E-state index in [1.54, 1.807) is 12.1 Å². The average Bonchev–Trinajstić information content (AvgIpc) is 3.50. The van der Waals surface area contributed by atoms with Crippen LogP contribution in [0.3, 0.4) is 0 Å². The Morgan fingerprint density at radius 2 is 2.06 bits per heavy atom. The lowest BCUT2D eigenvalue weighted by atomic mass is 10.2. The third-order valence-electron chi connectivity index (χ3n) is 4.81. The molecule has 1 fully saturated rings. The van der Waals surface area contributed by atoms with E-state index in [0.29, 0.717) is 25.4 Å².